The highest BCUT2D eigenvalue weighted by Gasteiger charge is 2.28. The van der Waals surface area contributed by atoms with Gasteiger partial charge in [-0.2, -0.15) is 0 Å². The van der Waals surface area contributed by atoms with Crippen molar-refractivity contribution >= 4 is 51.2 Å². The minimum atomic E-state index is -1.23. The summed E-state index contributed by atoms with van der Waals surface area (Å²) in [5.74, 6) is -6.30. The van der Waals surface area contributed by atoms with Crippen LogP contribution >= 0.6 is 0 Å². The van der Waals surface area contributed by atoms with E-state index in [1.54, 1.807) is 0 Å². The lowest BCUT2D eigenvalue weighted by Gasteiger charge is -2.15. The van der Waals surface area contributed by atoms with Gasteiger partial charge >= 0.3 is 17.3 Å². The molecule has 0 unspecified atom stereocenters. The molecule has 0 aliphatic carbocycles. The lowest BCUT2D eigenvalue weighted by Crippen LogP contribution is -2.17. The lowest BCUT2D eigenvalue weighted by molar-refractivity contribution is -0.386. The number of halogens is 4. The minimum Gasteiger partial charge on any atom is -0.448 e. The Morgan fingerprint density at radius 1 is 0.792 bits per heavy atom. The summed E-state index contributed by atoms with van der Waals surface area (Å²) in [6, 6.07) is 9.66. The third-order valence-corrected chi connectivity index (χ3v) is 7.62. The molecule has 276 valence electrons. The number of nitrogens with zero attached hydrogens (tertiary/aromatic N) is 4. The normalized spacial score (nSPS) is 10.7. The molecule has 0 saturated carbocycles. The zero-order chi connectivity index (χ0) is 39.6. The number of aryl methyl sites for hydroxylation is 1. The maximum atomic E-state index is 14.2. The summed E-state index contributed by atoms with van der Waals surface area (Å²) in [5.41, 5.74) is 2.13. The van der Waals surface area contributed by atoms with Crippen LogP contribution in [-0.4, -0.2) is 49.8 Å². The van der Waals surface area contributed by atoms with Crippen molar-refractivity contribution in [1.29, 1.82) is 0 Å². The van der Waals surface area contributed by atoms with E-state index in [0.717, 1.165) is 37.3 Å². The first-order chi connectivity index (χ1) is 24.7. The van der Waals surface area contributed by atoms with Gasteiger partial charge in [0.15, 0.2) is 11.2 Å². The number of esters is 1. The number of nitrogens with two attached hydrogens (primary N) is 1. The molecule has 0 radical (unpaired) electrons. The van der Waals surface area contributed by atoms with Crippen molar-refractivity contribution in [2.45, 2.75) is 13.8 Å². The fraction of sp³-hybridized carbons (Fsp3) is 0.171. The molecule has 14 nitrogen and oxygen atoms in total. The zero-order valence-electron chi connectivity index (χ0n) is 28.7. The molecule has 5 rings (SSSR count). The summed E-state index contributed by atoms with van der Waals surface area (Å²) in [4.78, 5) is 59.9. The van der Waals surface area contributed by atoms with Gasteiger partial charge in [0.25, 0.3) is 0 Å². The predicted molar refractivity (Wildman–Crippen MR) is 187 cm³/mol. The topological polar surface area (TPSA) is 192 Å². The van der Waals surface area contributed by atoms with Gasteiger partial charge in [0, 0.05) is 45.4 Å². The number of benzene rings is 4. The Morgan fingerprint density at radius 3 is 1.77 bits per heavy atom. The van der Waals surface area contributed by atoms with Crippen LogP contribution in [-0.2, 0) is 0 Å². The fourth-order valence-corrected chi connectivity index (χ4v) is 5.22. The number of nitrogen functional groups attached to an aromatic ring is 1. The number of fused-ring (bicyclic) bond motifs is 1. The predicted octanol–water partition coefficient (Wildman–Crippen LogP) is 6.96. The number of carbonyl (C=O) groups is 2. The second kappa shape index (κ2) is 15.2. The van der Waals surface area contributed by atoms with Crippen LogP contribution in [0.5, 0.6) is 5.75 Å². The molecule has 0 saturated heterocycles. The number of rotatable bonds is 8. The third kappa shape index (κ3) is 7.90. The number of ether oxygens (including phenoxy) is 1. The molecule has 18 heteroatoms. The molecule has 1 aromatic heterocycles. The molecule has 1 heterocycles. The van der Waals surface area contributed by atoms with E-state index in [9.17, 15) is 52.2 Å². The van der Waals surface area contributed by atoms with Gasteiger partial charge in [0.2, 0.25) is 11.3 Å². The highest BCUT2D eigenvalue weighted by Crippen LogP contribution is 2.37. The van der Waals surface area contributed by atoms with Crippen molar-refractivity contribution in [3.05, 3.63) is 125 Å². The van der Waals surface area contributed by atoms with Gasteiger partial charge in [-0.25, -0.2) is 22.4 Å². The smallest absolute Gasteiger partial charge is 0.344 e. The molecule has 5 aromatic rings. The van der Waals surface area contributed by atoms with E-state index in [1.807, 2.05) is 0 Å². The molecule has 0 amide bonds. The first kappa shape index (κ1) is 38.9. The quantitative estimate of drug-likeness (QED) is 0.0328. The average Bonchev–Trinajstić information content (AvgIpc) is 3.03. The highest BCUT2D eigenvalue weighted by atomic mass is 19.1. The molecule has 4 aromatic carbocycles. The Kier molecular flexibility index (Phi) is 11.2. The number of carbonyl (C=O) groups excluding carboxylic acids is 2. The second-order valence-electron chi connectivity index (χ2n) is 11.8. The van der Waals surface area contributed by atoms with Crippen molar-refractivity contribution < 1.29 is 46.2 Å². The van der Waals surface area contributed by atoms with Crippen LogP contribution in [0.1, 0.15) is 33.2 Å². The Hall–Kier alpha value is -6.85. The van der Waals surface area contributed by atoms with Gasteiger partial charge in [-0.3, -0.25) is 29.8 Å². The van der Waals surface area contributed by atoms with Crippen LogP contribution < -0.4 is 25.7 Å². The molecule has 53 heavy (non-hydrogen) atoms. The van der Waals surface area contributed by atoms with E-state index >= 15 is 0 Å². The summed E-state index contributed by atoms with van der Waals surface area (Å²) < 4.78 is 67.1. The molecule has 0 fully saturated rings. The largest absolute Gasteiger partial charge is 0.448 e. The van der Waals surface area contributed by atoms with Gasteiger partial charge < -0.3 is 24.7 Å². The average molecular weight is 740 g/mol. The number of nitro benzene ring substituents is 2. The second-order valence-corrected chi connectivity index (χ2v) is 11.8. The van der Waals surface area contributed by atoms with E-state index in [1.165, 1.54) is 69.2 Å². The van der Waals surface area contributed by atoms with Gasteiger partial charge in [-0.05, 0) is 56.3 Å². The van der Waals surface area contributed by atoms with Crippen molar-refractivity contribution in [2.24, 2.45) is 0 Å². The molecule has 2 N–H and O–H groups in total. The Bertz CT molecular complexity index is 2350. The Labute approximate surface area is 296 Å². The van der Waals surface area contributed by atoms with Crippen LogP contribution in [0.2, 0.25) is 0 Å². The van der Waals surface area contributed by atoms with Crippen molar-refractivity contribution in [3.63, 3.8) is 0 Å². The van der Waals surface area contributed by atoms with E-state index in [0.29, 0.717) is 0 Å². The Balaban J connectivity index is 0.000000237. The van der Waals surface area contributed by atoms with Crippen LogP contribution in [0.4, 0.5) is 46.0 Å². The molecule has 0 atom stereocenters. The van der Waals surface area contributed by atoms with Crippen molar-refractivity contribution in [3.8, 4) is 17.1 Å². The molecular formula is C35H29F4N5O9. The molecular weight excluding hydrogens is 710 g/mol. The first-order valence-electron chi connectivity index (χ1n) is 15.1. The summed E-state index contributed by atoms with van der Waals surface area (Å²) >= 11 is 0. The summed E-state index contributed by atoms with van der Waals surface area (Å²) in [5, 5.41) is 22.5. The van der Waals surface area contributed by atoms with Gasteiger partial charge in [0.05, 0.1) is 26.4 Å². The molecule has 0 spiro atoms. The maximum Gasteiger partial charge on any atom is 0.344 e. The SMILES string of the molecule is CC(=O)c1ccc(C)c([N+](=O)[O-])c1OC(=O)c1cc(F)c(N(C)C)c(F)c1.CN(C)c1c(F)cc(-c2cc(=O)c3ccc(N)c([N+](=O)[O-])c3o2)cc1F. The number of hydrogen-bond acceptors (Lipinski definition) is 12. The van der Waals surface area contributed by atoms with Crippen LogP contribution in [0.3, 0.4) is 0 Å². The third-order valence-electron chi connectivity index (χ3n) is 7.62. The minimum absolute atomic E-state index is 0.0551. The van der Waals surface area contributed by atoms with Crippen LogP contribution in [0.15, 0.2) is 63.8 Å². The van der Waals surface area contributed by atoms with E-state index in [-0.39, 0.29) is 50.5 Å². The number of hydrogen-bond donors (Lipinski definition) is 1. The van der Waals surface area contributed by atoms with E-state index in [4.69, 9.17) is 14.9 Å². The first-order valence-corrected chi connectivity index (χ1v) is 15.1. The Morgan fingerprint density at radius 2 is 1.30 bits per heavy atom. The molecule has 0 aliphatic rings. The van der Waals surface area contributed by atoms with Gasteiger partial charge in [-0.15, -0.1) is 0 Å². The van der Waals surface area contributed by atoms with Crippen molar-refractivity contribution in [2.75, 3.05) is 43.7 Å². The molecule has 0 bridgehead atoms. The number of Topliss-reactive ketones (excluding diaryl/α,β-unsaturated/α-hetero) is 1. The van der Waals surface area contributed by atoms with Crippen molar-refractivity contribution in [1.82, 2.24) is 0 Å². The van der Waals surface area contributed by atoms with E-state index in [2.05, 4.69) is 0 Å². The number of anilines is 3. The van der Waals surface area contributed by atoms with Gasteiger partial charge in [-0.1, -0.05) is 6.07 Å². The van der Waals surface area contributed by atoms with E-state index < -0.39 is 73.0 Å². The highest BCUT2D eigenvalue weighted by molar-refractivity contribution is 6.01. The zero-order valence-corrected chi connectivity index (χ0v) is 28.7. The summed E-state index contributed by atoms with van der Waals surface area (Å²) in [6.07, 6.45) is 0. The fourth-order valence-electron chi connectivity index (χ4n) is 5.22. The molecule has 0 aliphatic heterocycles. The summed E-state index contributed by atoms with van der Waals surface area (Å²) in [7, 11) is 5.80. The summed E-state index contributed by atoms with van der Waals surface area (Å²) in [6.45, 7) is 2.56. The lowest BCUT2D eigenvalue weighted by atomic mass is 10.1. The van der Waals surface area contributed by atoms with Crippen LogP contribution in [0, 0.1) is 50.4 Å². The maximum absolute atomic E-state index is 14.2. The number of nitro groups is 2. The number of ketones is 1. The standard InChI is InChI=1S/C18H16F2N2O5.C17H13F2N3O4/c1-9-5-6-12(10(2)23)17(15(9)22(25)26)27-18(24)11-7-13(19)16(21(3)4)14(20)8-11;1-21(2)15-10(18)5-8(6-11(15)19)14-7-13(23)9-3-4-12(20)16(22(24)25)17(9)26-14/h5-8H,1-4H3;3-7H,20H2,1-2H3. The van der Waals surface area contributed by atoms with Gasteiger partial charge in [0.1, 0.15) is 46.1 Å². The monoisotopic (exact) mass is 739 g/mol. The van der Waals surface area contributed by atoms with Crippen LogP contribution in [0.25, 0.3) is 22.3 Å².